The van der Waals surface area contributed by atoms with E-state index in [2.05, 4.69) is 42.6 Å². The molecule has 0 bridgehead atoms. The molecule has 0 saturated heterocycles. The van der Waals surface area contributed by atoms with Crippen LogP contribution >= 0.6 is 11.3 Å². The smallest absolute Gasteiger partial charge is 0.116 e. The highest BCUT2D eigenvalue weighted by Gasteiger charge is 2.21. The number of hydrogen-bond donors (Lipinski definition) is 1. The van der Waals surface area contributed by atoms with Crippen molar-refractivity contribution in [3.8, 4) is 0 Å². The lowest BCUT2D eigenvalue weighted by Gasteiger charge is -2.16. The van der Waals surface area contributed by atoms with E-state index < -0.39 is 0 Å². The highest BCUT2D eigenvalue weighted by Crippen LogP contribution is 2.28. The van der Waals surface area contributed by atoms with Gasteiger partial charge < -0.3 is 9.88 Å². The van der Waals surface area contributed by atoms with E-state index in [1.807, 2.05) is 12.5 Å². The molecule has 0 aliphatic rings. The Bertz CT molecular complexity index is 529. The molecule has 0 spiro atoms. The van der Waals surface area contributed by atoms with Gasteiger partial charge in [-0.2, -0.15) is 0 Å². The molecule has 0 saturated carbocycles. The predicted molar refractivity (Wildman–Crippen MR) is 79.6 cm³/mol. The lowest BCUT2D eigenvalue weighted by molar-refractivity contribution is 0.571. The van der Waals surface area contributed by atoms with Gasteiger partial charge in [-0.1, -0.05) is 13.8 Å². The van der Waals surface area contributed by atoms with Gasteiger partial charge in [0.15, 0.2) is 0 Å². The molecular formula is C14H22N4S. The summed E-state index contributed by atoms with van der Waals surface area (Å²) >= 11 is 1.79. The number of rotatable bonds is 6. The van der Waals surface area contributed by atoms with E-state index in [1.165, 1.54) is 16.3 Å². The standard InChI is InChI=1S/C14H22N4S/c1-5-11-10(4)19-14(17-11)13(16-6-2)12-8-15-9-18(12)7-3/h8-9,13,16H,5-7H2,1-4H3. The van der Waals surface area contributed by atoms with E-state index in [4.69, 9.17) is 4.98 Å². The van der Waals surface area contributed by atoms with Gasteiger partial charge >= 0.3 is 0 Å². The molecule has 0 aliphatic carbocycles. The molecule has 0 fully saturated rings. The maximum Gasteiger partial charge on any atom is 0.116 e. The Hall–Kier alpha value is -1.20. The minimum atomic E-state index is 0.149. The Balaban J connectivity index is 2.39. The zero-order chi connectivity index (χ0) is 13.8. The minimum absolute atomic E-state index is 0.149. The summed E-state index contributed by atoms with van der Waals surface area (Å²) in [5.74, 6) is 0. The van der Waals surface area contributed by atoms with Crippen LogP contribution in [-0.2, 0) is 13.0 Å². The highest BCUT2D eigenvalue weighted by molar-refractivity contribution is 7.11. The molecule has 0 amide bonds. The number of aryl methyl sites for hydroxylation is 3. The SMILES string of the molecule is CCNC(c1nc(CC)c(C)s1)c1cncn1CC. The van der Waals surface area contributed by atoms with Gasteiger partial charge in [0, 0.05) is 11.4 Å². The molecule has 1 unspecified atom stereocenters. The molecule has 0 radical (unpaired) electrons. The maximum atomic E-state index is 4.79. The van der Waals surface area contributed by atoms with E-state index in [0.717, 1.165) is 24.5 Å². The summed E-state index contributed by atoms with van der Waals surface area (Å²) in [5.41, 5.74) is 2.41. The van der Waals surface area contributed by atoms with E-state index in [-0.39, 0.29) is 6.04 Å². The fraction of sp³-hybridized carbons (Fsp3) is 0.571. The van der Waals surface area contributed by atoms with Crippen LogP contribution in [-0.4, -0.2) is 21.1 Å². The number of aromatic nitrogens is 3. The summed E-state index contributed by atoms with van der Waals surface area (Å²) in [6.07, 6.45) is 4.83. The zero-order valence-corrected chi connectivity index (χ0v) is 12.9. The van der Waals surface area contributed by atoms with Crippen molar-refractivity contribution in [2.24, 2.45) is 0 Å². The molecule has 2 heterocycles. The van der Waals surface area contributed by atoms with Crippen LogP contribution in [0.15, 0.2) is 12.5 Å². The quantitative estimate of drug-likeness (QED) is 0.883. The summed E-state index contributed by atoms with van der Waals surface area (Å²) < 4.78 is 2.18. The summed E-state index contributed by atoms with van der Waals surface area (Å²) in [5, 5.41) is 4.67. The number of imidazole rings is 1. The van der Waals surface area contributed by atoms with Crippen LogP contribution in [0.1, 0.15) is 48.1 Å². The summed E-state index contributed by atoms with van der Waals surface area (Å²) in [4.78, 5) is 10.4. The monoisotopic (exact) mass is 278 g/mol. The second-order valence-corrected chi connectivity index (χ2v) is 5.74. The average molecular weight is 278 g/mol. The third-order valence-corrected chi connectivity index (χ3v) is 4.36. The first-order chi connectivity index (χ1) is 9.21. The molecule has 0 aliphatic heterocycles. The van der Waals surface area contributed by atoms with E-state index in [0.29, 0.717) is 0 Å². The normalized spacial score (nSPS) is 12.8. The number of nitrogens with one attached hydrogen (secondary N) is 1. The van der Waals surface area contributed by atoms with Crippen molar-refractivity contribution in [2.75, 3.05) is 6.54 Å². The fourth-order valence-corrected chi connectivity index (χ4v) is 3.36. The zero-order valence-electron chi connectivity index (χ0n) is 12.1. The molecular weight excluding hydrogens is 256 g/mol. The lowest BCUT2D eigenvalue weighted by Crippen LogP contribution is -2.24. The third-order valence-electron chi connectivity index (χ3n) is 3.28. The second-order valence-electron chi connectivity index (χ2n) is 4.50. The van der Waals surface area contributed by atoms with Gasteiger partial charge in [-0.05, 0) is 26.8 Å². The van der Waals surface area contributed by atoms with Crippen LogP contribution in [0.25, 0.3) is 0 Å². The molecule has 1 atom stereocenters. The van der Waals surface area contributed by atoms with Crippen molar-refractivity contribution < 1.29 is 0 Å². The van der Waals surface area contributed by atoms with Gasteiger partial charge in [0.25, 0.3) is 0 Å². The van der Waals surface area contributed by atoms with Crippen LogP contribution in [0.3, 0.4) is 0 Å². The molecule has 104 valence electrons. The van der Waals surface area contributed by atoms with Crippen molar-refractivity contribution in [2.45, 2.75) is 46.7 Å². The van der Waals surface area contributed by atoms with Gasteiger partial charge in [0.05, 0.1) is 23.9 Å². The van der Waals surface area contributed by atoms with Gasteiger partial charge in [-0.25, -0.2) is 9.97 Å². The first-order valence-electron chi connectivity index (χ1n) is 6.90. The van der Waals surface area contributed by atoms with Gasteiger partial charge in [0.2, 0.25) is 0 Å². The maximum absolute atomic E-state index is 4.79. The third kappa shape index (κ3) is 2.87. The highest BCUT2D eigenvalue weighted by atomic mass is 32.1. The Morgan fingerprint density at radius 2 is 2.16 bits per heavy atom. The van der Waals surface area contributed by atoms with E-state index in [9.17, 15) is 0 Å². The van der Waals surface area contributed by atoms with Crippen LogP contribution in [0.5, 0.6) is 0 Å². The molecule has 19 heavy (non-hydrogen) atoms. The molecule has 5 heteroatoms. The summed E-state index contributed by atoms with van der Waals surface area (Å²) in [6.45, 7) is 10.4. The van der Waals surface area contributed by atoms with Crippen LogP contribution in [0.4, 0.5) is 0 Å². The Labute approximate surface area is 118 Å². The van der Waals surface area contributed by atoms with Gasteiger partial charge in [-0.15, -0.1) is 11.3 Å². The number of hydrogen-bond acceptors (Lipinski definition) is 4. The first kappa shape index (κ1) is 14.2. The Morgan fingerprint density at radius 3 is 2.74 bits per heavy atom. The molecule has 2 aromatic heterocycles. The van der Waals surface area contributed by atoms with Gasteiger partial charge in [0.1, 0.15) is 11.0 Å². The minimum Gasteiger partial charge on any atom is -0.333 e. The predicted octanol–water partition coefficient (Wildman–Crippen LogP) is 2.93. The van der Waals surface area contributed by atoms with Gasteiger partial charge in [-0.3, -0.25) is 0 Å². The van der Waals surface area contributed by atoms with Crippen molar-refractivity contribution in [3.63, 3.8) is 0 Å². The van der Waals surface area contributed by atoms with Crippen LogP contribution in [0, 0.1) is 6.92 Å². The Morgan fingerprint density at radius 1 is 1.37 bits per heavy atom. The molecule has 4 nitrogen and oxygen atoms in total. The van der Waals surface area contributed by atoms with E-state index in [1.54, 1.807) is 11.3 Å². The first-order valence-corrected chi connectivity index (χ1v) is 7.72. The topological polar surface area (TPSA) is 42.7 Å². The van der Waals surface area contributed by atoms with Crippen molar-refractivity contribution in [3.05, 3.63) is 33.8 Å². The van der Waals surface area contributed by atoms with E-state index >= 15 is 0 Å². The molecule has 1 N–H and O–H groups in total. The summed E-state index contributed by atoms with van der Waals surface area (Å²) in [6, 6.07) is 0.149. The van der Waals surface area contributed by atoms with Crippen LogP contribution < -0.4 is 5.32 Å². The van der Waals surface area contributed by atoms with Crippen molar-refractivity contribution in [1.82, 2.24) is 19.9 Å². The number of nitrogens with zero attached hydrogens (tertiary/aromatic N) is 3. The fourth-order valence-electron chi connectivity index (χ4n) is 2.26. The molecule has 0 aromatic carbocycles. The number of thiazole rings is 1. The largest absolute Gasteiger partial charge is 0.333 e. The summed E-state index contributed by atoms with van der Waals surface area (Å²) in [7, 11) is 0. The Kier molecular flexibility index (Phi) is 4.71. The lowest BCUT2D eigenvalue weighted by atomic mass is 10.2. The molecule has 2 rings (SSSR count). The van der Waals surface area contributed by atoms with Crippen LogP contribution in [0.2, 0.25) is 0 Å². The van der Waals surface area contributed by atoms with Crippen molar-refractivity contribution in [1.29, 1.82) is 0 Å². The van der Waals surface area contributed by atoms with Crippen molar-refractivity contribution >= 4 is 11.3 Å². The average Bonchev–Trinajstić information content (AvgIpc) is 3.01. The molecule has 2 aromatic rings. The second kappa shape index (κ2) is 6.30.